The second-order valence-electron chi connectivity index (χ2n) is 5.26. The number of pyridine rings is 1. The highest BCUT2D eigenvalue weighted by Gasteiger charge is 2.17. The van der Waals surface area contributed by atoms with Gasteiger partial charge in [0.25, 0.3) is 0 Å². The molecule has 3 heterocycles. The van der Waals surface area contributed by atoms with Gasteiger partial charge in [0.1, 0.15) is 5.82 Å². The van der Waals surface area contributed by atoms with Crippen molar-refractivity contribution in [1.29, 1.82) is 0 Å². The second kappa shape index (κ2) is 5.95. The Hall–Kier alpha value is -2.37. The van der Waals surface area contributed by atoms with Crippen LogP contribution in [-0.4, -0.2) is 41.1 Å². The van der Waals surface area contributed by atoms with Crippen molar-refractivity contribution < 1.29 is 0 Å². The summed E-state index contributed by atoms with van der Waals surface area (Å²) in [7, 11) is 0. The first-order chi connectivity index (χ1) is 10.2. The van der Waals surface area contributed by atoms with E-state index in [0.29, 0.717) is 5.82 Å². The number of rotatable bonds is 2. The molecule has 6 nitrogen and oxygen atoms in total. The molecule has 1 fully saturated rings. The number of nitrogens with two attached hydrogens (primary N) is 1. The second-order valence-corrected chi connectivity index (χ2v) is 5.26. The van der Waals surface area contributed by atoms with E-state index in [-0.39, 0.29) is 0 Å². The van der Waals surface area contributed by atoms with Crippen LogP contribution in [0.3, 0.4) is 0 Å². The zero-order valence-corrected chi connectivity index (χ0v) is 12.2. The van der Waals surface area contributed by atoms with E-state index in [2.05, 4.69) is 36.9 Å². The van der Waals surface area contributed by atoms with Gasteiger partial charge in [-0.3, -0.25) is 4.98 Å². The van der Waals surface area contributed by atoms with Crippen LogP contribution in [0.1, 0.15) is 12.1 Å². The van der Waals surface area contributed by atoms with E-state index in [9.17, 15) is 0 Å². The van der Waals surface area contributed by atoms with Crippen molar-refractivity contribution >= 4 is 17.5 Å². The summed E-state index contributed by atoms with van der Waals surface area (Å²) in [6.45, 7) is 5.84. The Morgan fingerprint density at radius 1 is 1.00 bits per heavy atom. The number of anilines is 3. The minimum absolute atomic E-state index is 0.519. The highest BCUT2D eigenvalue weighted by Crippen LogP contribution is 2.18. The summed E-state index contributed by atoms with van der Waals surface area (Å²) in [5.41, 5.74) is 8.03. The van der Waals surface area contributed by atoms with Gasteiger partial charge in [0.15, 0.2) is 0 Å². The molecule has 0 atom stereocenters. The van der Waals surface area contributed by atoms with Crippen molar-refractivity contribution in [3.05, 3.63) is 36.3 Å². The Morgan fingerprint density at radius 3 is 2.57 bits per heavy atom. The summed E-state index contributed by atoms with van der Waals surface area (Å²) in [4.78, 5) is 17.5. The van der Waals surface area contributed by atoms with Crippen LogP contribution in [0, 0.1) is 6.92 Å². The molecule has 0 radical (unpaired) electrons. The topological polar surface area (TPSA) is 71.2 Å². The zero-order valence-electron chi connectivity index (χ0n) is 12.2. The maximum Gasteiger partial charge on any atom is 0.227 e. The Labute approximate surface area is 124 Å². The number of hydrogen-bond donors (Lipinski definition) is 1. The molecule has 1 aliphatic heterocycles. The minimum atomic E-state index is 0.519. The molecule has 6 heteroatoms. The number of aryl methyl sites for hydroxylation is 1. The lowest BCUT2D eigenvalue weighted by Crippen LogP contribution is -2.31. The average Bonchev–Trinajstić information content (AvgIpc) is 2.73. The molecule has 0 saturated carbocycles. The third-order valence-corrected chi connectivity index (χ3v) is 3.69. The number of hydrogen-bond acceptors (Lipinski definition) is 6. The largest absolute Gasteiger partial charge is 0.384 e. The molecule has 0 aliphatic carbocycles. The van der Waals surface area contributed by atoms with Crippen molar-refractivity contribution in [3.63, 3.8) is 0 Å². The smallest absolute Gasteiger partial charge is 0.227 e. The van der Waals surface area contributed by atoms with E-state index in [0.717, 1.165) is 44.2 Å². The third-order valence-electron chi connectivity index (χ3n) is 3.69. The van der Waals surface area contributed by atoms with Crippen molar-refractivity contribution in [2.45, 2.75) is 13.3 Å². The van der Waals surface area contributed by atoms with Crippen molar-refractivity contribution in [3.8, 4) is 0 Å². The number of aromatic nitrogens is 3. The van der Waals surface area contributed by atoms with Gasteiger partial charge in [-0.15, -0.1) is 0 Å². The molecule has 0 amide bonds. The van der Waals surface area contributed by atoms with Crippen LogP contribution in [0.25, 0.3) is 0 Å². The van der Waals surface area contributed by atoms with E-state index in [1.54, 1.807) is 12.3 Å². The summed E-state index contributed by atoms with van der Waals surface area (Å²) in [5, 5.41) is 0. The van der Waals surface area contributed by atoms with Gasteiger partial charge in [-0.25, -0.2) is 4.98 Å². The van der Waals surface area contributed by atoms with Crippen molar-refractivity contribution in [1.82, 2.24) is 15.0 Å². The maximum absolute atomic E-state index is 5.74. The highest BCUT2D eigenvalue weighted by molar-refractivity contribution is 5.47. The predicted octanol–water partition coefficient (Wildman–Crippen LogP) is 1.48. The molecule has 1 aliphatic rings. The van der Waals surface area contributed by atoms with Crippen LogP contribution in [0.5, 0.6) is 0 Å². The molecule has 0 unspecified atom stereocenters. The lowest BCUT2D eigenvalue weighted by atomic mass is 10.3. The molecule has 2 N–H and O–H groups in total. The lowest BCUT2D eigenvalue weighted by molar-refractivity contribution is 0.783. The van der Waals surface area contributed by atoms with Crippen LogP contribution >= 0.6 is 0 Å². The van der Waals surface area contributed by atoms with Gasteiger partial charge < -0.3 is 15.5 Å². The van der Waals surface area contributed by atoms with Crippen LogP contribution in [-0.2, 0) is 0 Å². The van der Waals surface area contributed by atoms with Crippen molar-refractivity contribution in [2.24, 2.45) is 0 Å². The molecular formula is C15H20N6. The molecule has 21 heavy (non-hydrogen) atoms. The summed E-state index contributed by atoms with van der Waals surface area (Å²) in [6.07, 6.45) is 4.65. The van der Waals surface area contributed by atoms with Gasteiger partial charge in [0.05, 0.1) is 0 Å². The lowest BCUT2D eigenvalue weighted by Gasteiger charge is -2.23. The fourth-order valence-electron chi connectivity index (χ4n) is 2.62. The monoisotopic (exact) mass is 284 g/mol. The van der Waals surface area contributed by atoms with E-state index in [1.807, 2.05) is 13.1 Å². The van der Waals surface area contributed by atoms with E-state index in [1.165, 1.54) is 5.69 Å². The zero-order chi connectivity index (χ0) is 14.7. The maximum atomic E-state index is 5.74. The third kappa shape index (κ3) is 3.21. The Bertz CT molecular complexity index is 561. The molecule has 0 spiro atoms. The van der Waals surface area contributed by atoms with Crippen LogP contribution in [0.4, 0.5) is 17.5 Å². The van der Waals surface area contributed by atoms with E-state index >= 15 is 0 Å². The molecule has 3 rings (SSSR count). The summed E-state index contributed by atoms with van der Waals surface area (Å²) >= 11 is 0. The van der Waals surface area contributed by atoms with E-state index < -0.39 is 0 Å². The van der Waals surface area contributed by atoms with Gasteiger partial charge in [-0.05, 0) is 31.5 Å². The van der Waals surface area contributed by atoms with Crippen LogP contribution < -0.4 is 15.5 Å². The first kappa shape index (κ1) is 13.6. The first-order valence-corrected chi connectivity index (χ1v) is 7.23. The fraction of sp³-hybridized carbons (Fsp3) is 0.400. The predicted molar refractivity (Wildman–Crippen MR) is 84.5 cm³/mol. The minimum Gasteiger partial charge on any atom is -0.384 e. The summed E-state index contributed by atoms with van der Waals surface area (Å²) < 4.78 is 0. The molecule has 2 aromatic rings. The Morgan fingerprint density at radius 2 is 1.76 bits per heavy atom. The van der Waals surface area contributed by atoms with Gasteiger partial charge in [0.2, 0.25) is 5.95 Å². The van der Waals surface area contributed by atoms with Gasteiger partial charge in [0, 0.05) is 50.0 Å². The quantitative estimate of drug-likeness (QED) is 0.900. The molecule has 2 aromatic heterocycles. The van der Waals surface area contributed by atoms with Crippen LogP contribution in [0.2, 0.25) is 0 Å². The summed E-state index contributed by atoms with van der Waals surface area (Å²) in [5.74, 6) is 1.24. The highest BCUT2D eigenvalue weighted by atomic mass is 15.3. The molecule has 1 saturated heterocycles. The Balaban J connectivity index is 1.72. The average molecular weight is 284 g/mol. The molecule has 0 aromatic carbocycles. The first-order valence-electron chi connectivity index (χ1n) is 7.23. The summed E-state index contributed by atoms with van der Waals surface area (Å²) in [6, 6.07) is 5.92. The van der Waals surface area contributed by atoms with Crippen LogP contribution in [0.15, 0.2) is 30.6 Å². The molecule has 110 valence electrons. The SMILES string of the molecule is Cc1cc(N2CCCN(c3nccc(N)n3)CC2)ccn1. The van der Waals surface area contributed by atoms with Gasteiger partial charge >= 0.3 is 0 Å². The Kier molecular flexibility index (Phi) is 3.85. The number of nitrogens with zero attached hydrogens (tertiary/aromatic N) is 5. The molecule has 0 bridgehead atoms. The van der Waals surface area contributed by atoms with Gasteiger partial charge in [-0.2, -0.15) is 4.98 Å². The standard InChI is InChI=1S/C15H20N6/c1-12-11-13(3-5-17-12)20-7-2-8-21(10-9-20)15-18-6-4-14(16)19-15/h3-6,11H,2,7-10H2,1H3,(H2,16,18,19). The van der Waals surface area contributed by atoms with Crippen molar-refractivity contribution in [2.75, 3.05) is 41.7 Å². The fourth-order valence-corrected chi connectivity index (χ4v) is 2.62. The normalized spacial score (nSPS) is 15.9. The van der Waals surface area contributed by atoms with E-state index in [4.69, 9.17) is 5.73 Å². The number of nitrogen functional groups attached to an aromatic ring is 1. The molecular weight excluding hydrogens is 264 g/mol. The van der Waals surface area contributed by atoms with Gasteiger partial charge in [-0.1, -0.05) is 0 Å².